The van der Waals surface area contributed by atoms with Crippen LogP contribution in [0.5, 0.6) is 5.75 Å². The Morgan fingerprint density at radius 1 is 1.04 bits per heavy atom. The first-order valence-corrected chi connectivity index (χ1v) is 9.00. The topological polar surface area (TPSA) is 9.23 Å². The molecule has 0 fully saturated rings. The van der Waals surface area contributed by atoms with E-state index in [0.717, 1.165) is 24.0 Å². The van der Waals surface area contributed by atoms with Gasteiger partial charge in [0.25, 0.3) is 0 Å². The van der Waals surface area contributed by atoms with Gasteiger partial charge < -0.3 is 4.74 Å². The van der Waals surface area contributed by atoms with Gasteiger partial charge in [0.1, 0.15) is 5.75 Å². The Morgan fingerprint density at radius 2 is 1.60 bits per heavy atom. The lowest BCUT2D eigenvalue weighted by Crippen LogP contribution is -2.55. The minimum atomic E-state index is -4.57. The molecule has 0 heterocycles. The molecule has 0 aliphatic carbocycles. The SMILES string of the molecule is CCCC(C)c1ccc(OC(F)(F)C(F)(F)C(C)(CC)CC)cc1C. The highest BCUT2D eigenvalue weighted by molar-refractivity contribution is 5.37. The van der Waals surface area contributed by atoms with Crippen LogP contribution in [0.15, 0.2) is 18.2 Å². The Kier molecular flexibility index (Phi) is 6.94. The third-order valence-corrected chi connectivity index (χ3v) is 5.42. The molecule has 5 heteroatoms. The lowest BCUT2D eigenvalue weighted by molar-refractivity contribution is -0.346. The summed E-state index contributed by atoms with van der Waals surface area (Å²) >= 11 is 0. The highest BCUT2D eigenvalue weighted by Gasteiger charge is 2.67. The van der Waals surface area contributed by atoms with E-state index in [-0.39, 0.29) is 24.5 Å². The first kappa shape index (κ1) is 21.8. The summed E-state index contributed by atoms with van der Waals surface area (Å²) in [6.07, 6.45) is -2.73. The molecule has 25 heavy (non-hydrogen) atoms. The molecule has 144 valence electrons. The lowest BCUT2D eigenvalue weighted by Gasteiger charge is -2.39. The fourth-order valence-corrected chi connectivity index (χ4v) is 3.11. The molecular weight excluding hydrogens is 332 g/mol. The zero-order valence-corrected chi connectivity index (χ0v) is 16.1. The second-order valence-electron chi connectivity index (χ2n) is 7.17. The average Bonchev–Trinajstić information content (AvgIpc) is 2.53. The smallest absolute Gasteiger partial charge is 0.428 e. The van der Waals surface area contributed by atoms with Crippen molar-refractivity contribution in [1.82, 2.24) is 0 Å². The van der Waals surface area contributed by atoms with Crippen LogP contribution in [0, 0.1) is 12.3 Å². The van der Waals surface area contributed by atoms with Crippen LogP contribution in [-0.4, -0.2) is 12.0 Å². The van der Waals surface area contributed by atoms with Gasteiger partial charge in [-0.1, -0.05) is 47.1 Å². The maximum atomic E-state index is 14.5. The Bertz CT molecular complexity index is 565. The van der Waals surface area contributed by atoms with Crippen LogP contribution in [-0.2, 0) is 0 Å². The molecule has 0 spiro atoms. The third kappa shape index (κ3) is 4.29. The van der Waals surface area contributed by atoms with Crippen LogP contribution in [0.3, 0.4) is 0 Å². The summed E-state index contributed by atoms with van der Waals surface area (Å²) in [4.78, 5) is 0. The molecule has 0 aliphatic rings. The van der Waals surface area contributed by atoms with Crippen molar-refractivity contribution in [3.63, 3.8) is 0 Å². The zero-order valence-electron chi connectivity index (χ0n) is 16.1. The molecule has 1 unspecified atom stereocenters. The highest BCUT2D eigenvalue weighted by Crippen LogP contribution is 2.51. The molecule has 0 saturated heterocycles. The summed E-state index contributed by atoms with van der Waals surface area (Å²) in [6.45, 7) is 10.1. The van der Waals surface area contributed by atoms with Crippen LogP contribution >= 0.6 is 0 Å². The van der Waals surface area contributed by atoms with Crippen LogP contribution < -0.4 is 4.74 Å². The van der Waals surface area contributed by atoms with E-state index in [0.29, 0.717) is 0 Å². The van der Waals surface area contributed by atoms with Crippen molar-refractivity contribution in [2.24, 2.45) is 5.41 Å². The van der Waals surface area contributed by atoms with E-state index >= 15 is 0 Å². The van der Waals surface area contributed by atoms with E-state index < -0.39 is 17.4 Å². The van der Waals surface area contributed by atoms with E-state index in [1.54, 1.807) is 13.0 Å². The second kappa shape index (κ2) is 7.96. The van der Waals surface area contributed by atoms with Crippen molar-refractivity contribution in [3.8, 4) is 5.75 Å². The van der Waals surface area contributed by atoms with Crippen LogP contribution in [0.25, 0.3) is 0 Å². The number of hydrogen-bond acceptors (Lipinski definition) is 1. The second-order valence-corrected chi connectivity index (χ2v) is 7.17. The van der Waals surface area contributed by atoms with E-state index in [2.05, 4.69) is 18.6 Å². The molecule has 0 amide bonds. The standard InChI is InChI=1S/C20H30F4O/c1-7-10-14(4)17-12-11-16(13-15(17)5)25-20(23,24)19(21,22)18(6,8-2)9-3/h11-14H,7-10H2,1-6H3. The summed E-state index contributed by atoms with van der Waals surface area (Å²) in [7, 11) is 0. The van der Waals surface area contributed by atoms with Crippen LogP contribution in [0.4, 0.5) is 17.6 Å². The molecule has 0 N–H and O–H groups in total. The van der Waals surface area contributed by atoms with E-state index in [4.69, 9.17) is 0 Å². The predicted molar refractivity (Wildman–Crippen MR) is 93.7 cm³/mol. The number of alkyl halides is 4. The number of halogens is 4. The molecule has 1 aromatic carbocycles. The van der Waals surface area contributed by atoms with E-state index in [1.807, 2.05) is 0 Å². The van der Waals surface area contributed by atoms with Gasteiger partial charge in [-0.2, -0.15) is 17.6 Å². The van der Waals surface area contributed by atoms with E-state index in [9.17, 15) is 17.6 Å². The van der Waals surface area contributed by atoms with Crippen molar-refractivity contribution in [1.29, 1.82) is 0 Å². The summed E-state index contributed by atoms with van der Waals surface area (Å²) in [5, 5.41) is 0. The number of aryl methyl sites for hydroxylation is 1. The van der Waals surface area contributed by atoms with Gasteiger partial charge in [-0.3, -0.25) is 0 Å². The summed E-state index contributed by atoms with van der Waals surface area (Å²) in [6, 6.07) is 4.46. The lowest BCUT2D eigenvalue weighted by atomic mass is 9.77. The minimum Gasteiger partial charge on any atom is -0.428 e. The quantitative estimate of drug-likeness (QED) is 0.418. The molecule has 0 aliphatic heterocycles. The summed E-state index contributed by atoms with van der Waals surface area (Å²) < 4.78 is 62.0. The Balaban J connectivity index is 3.10. The molecule has 0 saturated carbocycles. The van der Waals surface area contributed by atoms with E-state index in [1.165, 1.54) is 32.9 Å². The number of hydrogen-bond donors (Lipinski definition) is 0. The fourth-order valence-electron chi connectivity index (χ4n) is 3.11. The molecular formula is C20H30F4O. The number of benzene rings is 1. The van der Waals surface area contributed by atoms with Crippen molar-refractivity contribution in [3.05, 3.63) is 29.3 Å². The monoisotopic (exact) mass is 362 g/mol. The van der Waals surface area contributed by atoms with Crippen LogP contribution in [0.1, 0.15) is 77.3 Å². The maximum absolute atomic E-state index is 14.5. The van der Waals surface area contributed by atoms with Gasteiger partial charge in [0, 0.05) is 5.41 Å². The van der Waals surface area contributed by atoms with Crippen molar-refractivity contribution < 1.29 is 22.3 Å². The highest BCUT2D eigenvalue weighted by atomic mass is 19.3. The Hall–Kier alpha value is -1.26. The van der Waals surface area contributed by atoms with Gasteiger partial charge >= 0.3 is 12.0 Å². The zero-order chi connectivity index (χ0) is 19.5. The molecule has 0 bridgehead atoms. The van der Waals surface area contributed by atoms with Gasteiger partial charge in [-0.15, -0.1) is 0 Å². The summed E-state index contributed by atoms with van der Waals surface area (Å²) in [5.41, 5.74) is -0.0382. The van der Waals surface area contributed by atoms with Crippen molar-refractivity contribution >= 4 is 0 Å². The average molecular weight is 362 g/mol. The molecule has 0 aromatic heterocycles. The first-order valence-electron chi connectivity index (χ1n) is 9.00. The molecule has 0 radical (unpaired) electrons. The van der Waals surface area contributed by atoms with Gasteiger partial charge in [0.05, 0.1) is 0 Å². The minimum absolute atomic E-state index is 0.0675. The first-order chi connectivity index (χ1) is 11.5. The fraction of sp³-hybridized carbons (Fsp3) is 0.700. The molecule has 1 aromatic rings. The predicted octanol–water partition coefficient (Wildman–Crippen LogP) is 7.33. The third-order valence-electron chi connectivity index (χ3n) is 5.42. The van der Waals surface area contributed by atoms with Crippen molar-refractivity contribution in [2.45, 2.75) is 85.2 Å². The molecule has 1 rings (SSSR count). The van der Waals surface area contributed by atoms with Gasteiger partial charge in [-0.05, 0) is 55.4 Å². The Morgan fingerprint density at radius 3 is 2.04 bits per heavy atom. The van der Waals surface area contributed by atoms with Crippen molar-refractivity contribution in [2.75, 3.05) is 0 Å². The molecule has 1 nitrogen and oxygen atoms in total. The number of ether oxygens (including phenoxy) is 1. The normalized spacial score (nSPS) is 14.5. The van der Waals surface area contributed by atoms with Crippen LogP contribution in [0.2, 0.25) is 0 Å². The largest absolute Gasteiger partial charge is 0.464 e. The maximum Gasteiger partial charge on any atom is 0.464 e. The molecule has 1 atom stereocenters. The van der Waals surface area contributed by atoms with Gasteiger partial charge in [0.15, 0.2) is 0 Å². The van der Waals surface area contributed by atoms with Gasteiger partial charge in [0.2, 0.25) is 0 Å². The summed E-state index contributed by atoms with van der Waals surface area (Å²) in [5.74, 6) is -4.22. The number of rotatable bonds is 9. The van der Waals surface area contributed by atoms with Gasteiger partial charge in [-0.25, -0.2) is 0 Å². The Labute approximate surface area is 148 Å².